The van der Waals surface area contributed by atoms with Crippen molar-refractivity contribution in [1.82, 2.24) is 19.7 Å². The first-order valence-corrected chi connectivity index (χ1v) is 7.26. The van der Waals surface area contributed by atoms with E-state index >= 15 is 0 Å². The van der Waals surface area contributed by atoms with Crippen molar-refractivity contribution in [3.05, 3.63) is 41.8 Å². The predicted molar refractivity (Wildman–Crippen MR) is 86.5 cm³/mol. The molecule has 2 heterocycles. The van der Waals surface area contributed by atoms with Crippen LogP contribution in [0.5, 0.6) is 5.75 Å². The topological polar surface area (TPSA) is 56.1 Å². The largest absolute Gasteiger partial charge is 0.490 e. The molecule has 0 atom stereocenters. The van der Waals surface area contributed by atoms with E-state index in [0.717, 1.165) is 16.9 Å². The number of para-hydroxylation sites is 1. The summed E-state index contributed by atoms with van der Waals surface area (Å²) >= 11 is 6.07. The summed E-state index contributed by atoms with van der Waals surface area (Å²) in [4.78, 5) is 10.6. The molecule has 114 valence electrons. The van der Waals surface area contributed by atoms with Gasteiger partial charge in [0, 0.05) is 14.1 Å². The number of hydrogen-bond donors (Lipinski definition) is 0. The van der Waals surface area contributed by atoms with Crippen molar-refractivity contribution in [1.29, 1.82) is 0 Å². The molecule has 0 radical (unpaired) electrons. The smallest absolute Gasteiger partial charge is 0.163 e. The van der Waals surface area contributed by atoms with Crippen LogP contribution >= 0.6 is 11.6 Å². The van der Waals surface area contributed by atoms with E-state index in [2.05, 4.69) is 15.1 Å². The molecule has 0 bridgehead atoms. The molecule has 0 unspecified atom stereocenters. The first kappa shape index (κ1) is 14.6. The lowest BCUT2D eigenvalue weighted by atomic mass is 10.3. The van der Waals surface area contributed by atoms with Crippen LogP contribution in [0.2, 0.25) is 5.02 Å². The quantitative estimate of drug-likeness (QED) is 0.724. The van der Waals surface area contributed by atoms with Crippen LogP contribution in [0.25, 0.3) is 11.0 Å². The zero-order valence-corrected chi connectivity index (χ0v) is 13.2. The maximum absolute atomic E-state index is 6.07. The average molecular weight is 318 g/mol. The maximum Gasteiger partial charge on any atom is 0.163 e. The van der Waals surface area contributed by atoms with Gasteiger partial charge in [-0.05, 0) is 12.1 Å². The van der Waals surface area contributed by atoms with E-state index in [1.54, 1.807) is 17.2 Å². The second-order valence-electron chi connectivity index (χ2n) is 4.90. The second-order valence-corrected chi connectivity index (χ2v) is 5.31. The molecule has 2 aromatic heterocycles. The summed E-state index contributed by atoms with van der Waals surface area (Å²) in [6.45, 7) is 1.18. The van der Waals surface area contributed by atoms with Gasteiger partial charge in [-0.2, -0.15) is 5.10 Å². The van der Waals surface area contributed by atoms with Crippen LogP contribution in [-0.2, 0) is 7.05 Å². The summed E-state index contributed by atoms with van der Waals surface area (Å²) in [5.74, 6) is 1.52. The average Bonchev–Trinajstić information content (AvgIpc) is 2.91. The molecule has 1 aromatic carbocycles. The Bertz CT molecular complexity index is 788. The van der Waals surface area contributed by atoms with Gasteiger partial charge in [0.2, 0.25) is 0 Å². The molecule has 0 aliphatic heterocycles. The summed E-state index contributed by atoms with van der Waals surface area (Å²) in [5.41, 5.74) is 0.809. The molecule has 3 aromatic rings. The van der Waals surface area contributed by atoms with Gasteiger partial charge in [-0.3, -0.25) is 4.68 Å². The highest BCUT2D eigenvalue weighted by atomic mass is 35.5. The van der Waals surface area contributed by atoms with Crippen molar-refractivity contribution < 1.29 is 4.74 Å². The second kappa shape index (κ2) is 6.19. The van der Waals surface area contributed by atoms with Gasteiger partial charge in [-0.15, -0.1) is 0 Å². The summed E-state index contributed by atoms with van der Waals surface area (Å²) in [5, 5.41) is 5.75. The van der Waals surface area contributed by atoms with E-state index in [-0.39, 0.29) is 0 Å². The van der Waals surface area contributed by atoms with Gasteiger partial charge in [0.05, 0.1) is 23.2 Å². The number of rotatable bonds is 5. The maximum atomic E-state index is 6.07. The molecule has 0 saturated heterocycles. The normalized spacial score (nSPS) is 10.9. The number of fused-ring (bicyclic) bond motifs is 1. The number of halogens is 1. The minimum Gasteiger partial charge on any atom is -0.490 e. The number of aryl methyl sites for hydroxylation is 1. The first-order chi connectivity index (χ1) is 10.7. The fourth-order valence-electron chi connectivity index (χ4n) is 2.21. The first-order valence-electron chi connectivity index (χ1n) is 6.88. The van der Waals surface area contributed by atoms with Crippen molar-refractivity contribution >= 4 is 28.5 Å². The highest BCUT2D eigenvalue weighted by Crippen LogP contribution is 2.24. The van der Waals surface area contributed by atoms with E-state index < -0.39 is 0 Å². The van der Waals surface area contributed by atoms with E-state index in [1.807, 2.05) is 43.3 Å². The Morgan fingerprint density at radius 2 is 2.09 bits per heavy atom. The van der Waals surface area contributed by atoms with Gasteiger partial charge in [0.25, 0.3) is 0 Å². The molecule has 7 heteroatoms. The minimum atomic E-state index is 0.506. The van der Waals surface area contributed by atoms with Crippen LogP contribution in [-0.4, -0.2) is 39.9 Å². The third-order valence-corrected chi connectivity index (χ3v) is 3.70. The zero-order chi connectivity index (χ0) is 15.5. The van der Waals surface area contributed by atoms with Crippen LogP contribution < -0.4 is 9.64 Å². The molecule has 0 N–H and O–H groups in total. The molecule has 6 nitrogen and oxygen atoms in total. The number of likely N-dealkylation sites (N-methyl/N-ethyl adjacent to an activating group) is 1. The van der Waals surface area contributed by atoms with Gasteiger partial charge < -0.3 is 9.64 Å². The summed E-state index contributed by atoms with van der Waals surface area (Å²) in [6, 6.07) is 7.44. The van der Waals surface area contributed by atoms with Crippen LogP contribution in [0.3, 0.4) is 0 Å². The third kappa shape index (κ3) is 2.82. The monoisotopic (exact) mass is 317 g/mol. The fourth-order valence-corrected chi connectivity index (χ4v) is 2.40. The standard InChI is InChI=1S/C15H16ClN5O/c1-20(7-8-22-13-6-4-3-5-12(13)16)14-11-9-19-21(2)15(11)18-10-17-14/h3-6,9-10H,7-8H2,1-2H3. The van der Waals surface area contributed by atoms with Crippen molar-refractivity contribution in [2.45, 2.75) is 0 Å². The number of benzene rings is 1. The van der Waals surface area contributed by atoms with Gasteiger partial charge in [-0.1, -0.05) is 23.7 Å². The van der Waals surface area contributed by atoms with Crippen molar-refractivity contribution in [3.63, 3.8) is 0 Å². The van der Waals surface area contributed by atoms with E-state index in [1.165, 1.54) is 0 Å². The Kier molecular flexibility index (Phi) is 4.11. The number of nitrogens with zero attached hydrogens (tertiary/aromatic N) is 5. The van der Waals surface area contributed by atoms with Crippen molar-refractivity contribution in [2.75, 3.05) is 25.1 Å². The lowest BCUT2D eigenvalue weighted by Gasteiger charge is -2.19. The van der Waals surface area contributed by atoms with Crippen molar-refractivity contribution in [3.8, 4) is 5.75 Å². The lowest BCUT2D eigenvalue weighted by Crippen LogP contribution is -2.25. The number of anilines is 1. The van der Waals surface area contributed by atoms with Crippen LogP contribution in [0.4, 0.5) is 5.82 Å². The summed E-state index contributed by atoms with van der Waals surface area (Å²) < 4.78 is 7.44. The SMILES string of the molecule is CN(CCOc1ccccc1Cl)c1ncnc2c1cnn2C. The van der Waals surface area contributed by atoms with E-state index in [4.69, 9.17) is 16.3 Å². The molecule has 22 heavy (non-hydrogen) atoms. The molecule has 0 aliphatic carbocycles. The molecule has 3 rings (SSSR count). The number of hydrogen-bond acceptors (Lipinski definition) is 5. The molecule has 0 aliphatic rings. The molecule has 0 fully saturated rings. The van der Waals surface area contributed by atoms with Crippen LogP contribution in [0.1, 0.15) is 0 Å². The predicted octanol–water partition coefficient (Wildman–Crippen LogP) is 2.53. The Hall–Kier alpha value is -2.34. The van der Waals surface area contributed by atoms with Gasteiger partial charge in [-0.25, -0.2) is 9.97 Å². The van der Waals surface area contributed by atoms with Crippen LogP contribution in [0.15, 0.2) is 36.8 Å². The molecular weight excluding hydrogens is 302 g/mol. The van der Waals surface area contributed by atoms with E-state index in [9.17, 15) is 0 Å². The Morgan fingerprint density at radius 1 is 1.27 bits per heavy atom. The summed E-state index contributed by atoms with van der Waals surface area (Å²) in [6.07, 6.45) is 3.32. The van der Waals surface area contributed by atoms with Gasteiger partial charge in [0.15, 0.2) is 5.65 Å². The number of aromatic nitrogens is 4. The van der Waals surface area contributed by atoms with Crippen LogP contribution in [0, 0.1) is 0 Å². The Morgan fingerprint density at radius 3 is 2.91 bits per heavy atom. The van der Waals surface area contributed by atoms with Gasteiger partial charge in [0.1, 0.15) is 24.5 Å². The number of ether oxygens (including phenoxy) is 1. The van der Waals surface area contributed by atoms with E-state index in [0.29, 0.717) is 23.9 Å². The van der Waals surface area contributed by atoms with Crippen molar-refractivity contribution in [2.24, 2.45) is 7.05 Å². The zero-order valence-electron chi connectivity index (χ0n) is 12.4. The fraction of sp³-hybridized carbons (Fsp3) is 0.267. The van der Waals surface area contributed by atoms with Gasteiger partial charge >= 0.3 is 0 Å². The highest BCUT2D eigenvalue weighted by molar-refractivity contribution is 6.32. The summed E-state index contributed by atoms with van der Waals surface area (Å²) in [7, 11) is 3.82. The third-order valence-electron chi connectivity index (χ3n) is 3.39. The lowest BCUT2D eigenvalue weighted by molar-refractivity contribution is 0.326. The Balaban J connectivity index is 1.69. The highest BCUT2D eigenvalue weighted by Gasteiger charge is 2.11. The molecule has 0 amide bonds. The minimum absolute atomic E-state index is 0.506. The Labute approximate surface area is 133 Å². The molecular formula is C15H16ClN5O. The molecule has 0 saturated carbocycles. The molecule has 0 spiro atoms.